The first-order valence-corrected chi connectivity index (χ1v) is 25.0. The number of carbonyl (C=O) groups excluding carboxylic acids is 6. The van der Waals surface area contributed by atoms with Gasteiger partial charge in [0.1, 0.15) is 85.8 Å². The van der Waals surface area contributed by atoms with Gasteiger partial charge in [0.25, 0.3) is 34.4 Å². The number of nitrogens with one attached hydrogen (secondary N) is 6. The highest BCUT2D eigenvalue weighted by Crippen LogP contribution is 2.39. The lowest BCUT2D eigenvalue weighted by Gasteiger charge is -2.26. The third-order valence-corrected chi connectivity index (χ3v) is 13.9. The maximum absolute atomic E-state index is 13.1. The molecule has 5 aliphatic carbocycles. The van der Waals surface area contributed by atoms with Gasteiger partial charge in [0.2, 0.25) is 11.8 Å². The molecule has 5 amide bonds. The Morgan fingerprint density at radius 3 is 1.58 bits per heavy atom. The predicted octanol–water partition coefficient (Wildman–Crippen LogP) is 4.84. The zero-order chi connectivity index (χ0) is 52.7. The maximum atomic E-state index is 13.1. The van der Waals surface area contributed by atoms with E-state index in [-0.39, 0.29) is 62.3 Å². The molecule has 5 fully saturated rings. The molecule has 0 atom stereocenters. The van der Waals surface area contributed by atoms with Crippen molar-refractivity contribution in [3.63, 3.8) is 0 Å². The zero-order valence-corrected chi connectivity index (χ0v) is 41.5. The lowest BCUT2D eigenvalue weighted by atomic mass is 10.1. The molecule has 23 nitrogen and oxygen atoms in total. The van der Waals surface area contributed by atoms with Crippen LogP contribution >= 0.6 is 23.2 Å². The molecule has 7 heterocycles. The monoisotopic (exact) mass is 1050 g/mol. The highest BCUT2D eigenvalue weighted by Gasteiger charge is 2.46. The van der Waals surface area contributed by atoms with Crippen molar-refractivity contribution in [2.75, 3.05) is 21.7 Å². The average Bonchev–Trinajstić information content (AvgIpc) is 4.19. The predicted molar refractivity (Wildman–Crippen MR) is 273 cm³/mol. The van der Waals surface area contributed by atoms with E-state index in [1.807, 2.05) is 0 Å². The van der Waals surface area contributed by atoms with Crippen LogP contribution in [0.5, 0.6) is 0 Å². The van der Waals surface area contributed by atoms with Gasteiger partial charge in [-0.3, -0.25) is 52.3 Å². The number of rotatable bonds is 7. The number of nitrogens with two attached hydrogens (primary N) is 2. The van der Waals surface area contributed by atoms with Gasteiger partial charge in [0, 0.05) is 36.8 Å². The summed E-state index contributed by atoms with van der Waals surface area (Å²) in [5, 5.41) is 14.6. The van der Waals surface area contributed by atoms with Crippen molar-refractivity contribution >= 4 is 87.5 Å². The third kappa shape index (κ3) is 12.3. The summed E-state index contributed by atoms with van der Waals surface area (Å²) in [5.74, 6) is 1.24. The Bertz CT molecular complexity index is 3190. The number of H-pyrrole nitrogens is 1. The summed E-state index contributed by atoms with van der Waals surface area (Å²) in [5.41, 5.74) is 9.34. The number of Topliss-reactive ketones (excluding diaryl/α,β-unsaturated/α-hetero) is 1. The Morgan fingerprint density at radius 1 is 0.608 bits per heavy atom. The Balaban J connectivity index is 0.000000135. The molecule has 0 aromatic carbocycles. The van der Waals surface area contributed by atoms with Crippen LogP contribution in [-0.4, -0.2) is 69.4 Å². The van der Waals surface area contributed by atoms with Gasteiger partial charge in [-0.2, -0.15) is 0 Å². The Morgan fingerprint density at radius 2 is 1.09 bits per heavy atom. The van der Waals surface area contributed by atoms with Crippen LogP contribution in [0.3, 0.4) is 0 Å². The number of amides is 5. The summed E-state index contributed by atoms with van der Waals surface area (Å²) < 4.78 is 3.13. The van der Waals surface area contributed by atoms with Gasteiger partial charge in [-0.15, -0.1) is 0 Å². The number of pyridine rings is 3. The van der Waals surface area contributed by atoms with E-state index in [9.17, 15) is 43.2 Å². The molecule has 2 aliphatic heterocycles. The number of ketones is 1. The number of nitrogens with zero attached hydrogens (tertiary/aromatic N) is 6. The van der Waals surface area contributed by atoms with Gasteiger partial charge in [0.05, 0.1) is 0 Å². The maximum Gasteiger partial charge on any atom is 0.276 e. The fraction of sp³-hybridized carbons (Fsp3) is 0.408. The van der Waals surface area contributed by atoms with Crippen molar-refractivity contribution in [2.45, 2.75) is 114 Å². The van der Waals surface area contributed by atoms with Crippen molar-refractivity contribution in [3.8, 4) is 0 Å². The van der Waals surface area contributed by atoms with Gasteiger partial charge >= 0.3 is 0 Å². The second kappa shape index (κ2) is 22.5. The molecule has 388 valence electrons. The molecule has 74 heavy (non-hydrogen) atoms. The quantitative estimate of drug-likeness (QED) is 0.108. The molecular weight excluding hydrogens is 1000 g/mol. The van der Waals surface area contributed by atoms with Crippen LogP contribution in [0.25, 0.3) is 0 Å². The molecule has 5 aromatic heterocycles. The van der Waals surface area contributed by atoms with E-state index in [2.05, 4.69) is 51.5 Å². The topological polar surface area (TPSA) is 343 Å². The van der Waals surface area contributed by atoms with Gasteiger partial charge in [-0.25, -0.2) is 19.9 Å². The first-order chi connectivity index (χ1) is 35.5. The number of aromatic nitrogens is 7. The van der Waals surface area contributed by atoms with Crippen LogP contribution in [0.15, 0.2) is 75.6 Å². The van der Waals surface area contributed by atoms with Crippen molar-refractivity contribution in [1.29, 1.82) is 0 Å². The molecule has 5 saturated carbocycles. The number of aromatic amines is 1. The SMILES string of the molecule is NC(=O)c1ccc(Cl)c(=O)[nH]1.Nc1cc(NC(=O)C2CC2)ncn1.O=C1CCCC1.O=C1NC2(CCCC2)n2c1ccc(Cl)c2=O.O=C1NC2(CCCC2)n2c1ccc(Nc1cc(NC(=O)C3CC3)ncn1)c2=O. The van der Waals surface area contributed by atoms with Crippen LogP contribution in [0.1, 0.15) is 134 Å². The fourth-order valence-electron chi connectivity index (χ4n) is 9.22. The fourth-order valence-corrected chi connectivity index (χ4v) is 9.48. The lowest BCUT2D eigenvalue weighted by molar-refractivity contribution is -0.118. The van der Waals surface area contributed by atoms with Gasteiger partial charge in [0.15, 0.2) is 0 Å². The number of carbonyl (C=O) groups is 6. The number of hydrogen-bond acceptors (Lipinski definition) is 15. The van der Waals surface area contributed by atoms with Gasteiger partial charge in [-0.05, 0) is 126 Å². The first kappa shape index (κ1) is 52.5. The number of halogens is 2. The summed E-state index contributed by atoms with van der Waals surface area (Å²) in [6, 6.07) is 12.2. The molecule has 10 N–H and O–H groups in total. The second-order valence-corrected chi connectivity index (χ2v) is 19.6. The molecule has 0 bridgehead atoms. The average molecular weight is 1050 g/mol. The minimum absolute atomic E-state index is 0.0260. The van der Waals surface area contributed by atoms with Gasteiger partial charge in [-0.1, -0.05) is 23.2 Å². The second-order valence-electron chi connectivity index (χ2n) is 18.8. The van der Waals surface area contributed by atoms with Crippen molar-refractivity contribution < 1.29 is 28.8 Å². The van der Waals surface area contributed by atoms with E-state index in [4.69, 9.17) is 34.7 Å². The normalized spacial score (nSPS) is 17.8. The lowest BCUT2D eigenvalue weighted by Crippen LogP contribution is -2.45. The summed E-state index contributed by atoms with van der Waals surface area (Å²) in [7, 11) is 0. The summed E-state index contributed by atoms with van der Waals surface area (Å²) >= 11 is 11.2. The molecule has 5 aromatic rings. The van der Waals surface area contributed by atoms with Crippen LogP contribution in [-0.2, 0) is 25.7 Å². The van der Waals surface area contributed by atoms with Crippen molar-refractivity contribution in [3.05, 3.63) is 119 Å². The van der Waals surface area contributed by atoms with Gasteiger partial charge < -0.3 is 43.0 Å². The number of hydrogen-bond donors (Lipinski definition) is 8. The Kier molecular flexibility index (Phi) is 16.0. The number of fused-ring (bicyclic) bond motifs is 4. The first-order valence-electron chi connectivity index (χ1n) is 24.3. The molecule has 0 radical (unpaired) electrons. The Labute approximate surface area is 432 Å². The third-order valence-electron chi connectivity index (χ3n) is 13.3. The zero-order valence-electron chi connectivity index (χ0n) is 40.0. The Hall–Kier alpha value is -7.79. The van der Waals surface area contributed by atoms with E-state index >= 15 is 0 Å². The van der Waals surface area contributed by atoms with Crippen LogP contribution in [0.2, 0.25) is 10.0 Å². The number of primary amides is 1. The van der Waals surface area contributed by atoms with E-state index in [0.29, 0.717) is 46.1 Å². The van der Waals surface area contributed by atoms with Crippen LogP contribution in [0.4, 0.5) is 29.0 Å². The minimum Gasteiger partial charge on any atom is -0.384 e. The summed E-state index contributed by atoms with van der Waals surface area (Å²) in [6.45, 7) is 0. The van der Waals surface area contributed by atoms with Crippen LogP contribution in [0, 0.1) is 11.8 Å². The molecule has 0 saturated heterocycles. The van der Waals surface area contributed by atoms with Crippen molar-refractivity contribution in [1.82, 2.24) is 44.7 Å². The van der Waals surface area contributed by atoms with E-state index in [0.717, 1.165) is 103 Å². The summed E-state index contributed by atoms with van der Waals surface area (Å²) in [6.07, 6.45) is 17.5. The molecule has 0 unspecified atom stereocenters. The van der Waals surface area contributed by atoms with E-state index in [1.54, 1.807) is 39.5 Å². The number of anilines is 5. The van der Waals surface area contributed by atoms with Crippen molar-refractivity contribution in [2.24, 2.45) is 17.6 Å². The molecule has 2 spiro atoms. The molecular formula is C49H54Cl2N14O9. The smallest absolute Gasteiger partial charge is 0.276 e. The molecule has 25 heteroatoms. The van der Waals surface area contributed by atoms with E-state index < -0.39 is 22.8 Å². The molecule has 12 rings (SSSR count). The highest BCUT2D eigenvalue weighted by molar-refractivity contribution is 6.30. The minimum atomic E-state index is -0.682. The largest absolute Gasteiger partial charge is 0.384 e. The summed E-state index contributed by atoms with van der Waals surface area (Å²) in [4.78, 5) is 122. The van der Waals surface area contributed by atoms with Crippen LogP contribution < -0.4 is 54.7 Å². The number of nitrogen functional groups attached to an aromatic ring is 1. The highest BCUT2D eigenvalue weighted by atomic mass is 35.5. The van der Waals surface area contributed by atoms with E-state index in [1.165, 1.54) is 30.9 Å². The molecule has 7 aliphatic rings. The standard InChI is InChI=1S/C19H20N6O3.C11H11ClN2O2.C8H10N4O.C6H5ClN2O2.C5H8O/c26-16(11-3-4-11)23-15-9-14(20-10-21-15)22-12-5-6-13-17(27)24-19(7-1-2-8-19)25(13)18(12)28;12-7-3-4-8-9(15)13-11(5-1-2-6-11)14(8)10(7)16;9-6-3-7(11-4-10-6)12-8(13)5-1-2-5;7-3-1-2-4(5(8)10)9-6(3)11;6-5-3-1-2-4-5/h5-6,9-11H,1-4,7-8H2,(H,24,27)(H2,20,21,22,23,26);3-4H,1-2,5-6H2,(H,13,15);3-5H,1-2H2,(H3,9,10,11,12,13);1-2H,(H2,8,10)(H,9,11);1-4H2.